The second-order valence-electron chi connectivity index (χ2n) is 4.98. The number of rotatable bonds is 1. The van der Waals surface area contributed by atoms with Crippen molar-refractivity contribution in [2.24, 2.45) is 0 Å². The molecule has 2 N–H and O–H groups in total. The van der Waals surface area contributed by atoms with Gasteiger partial charge in [-0.15, -0.1) is 0 Å². The van der Waals surface area contributed by atoms with E-state index < -0.39 is 0 Å². The molecule has 0 radical (unpaired) electrons. The summed E-state index contributed by atoms with van der Waals surface area (Å²) in [5.41, 5.74) is 8.65. The molecule has 3 rings (SSSR count). The molecule has 20 heavy (non-hydrogen) atoms. The second kappa shape index (κ2) is 4.99. The van der Waals surface area contributed by atoms with Gasteiger partial charge in [0, 0.05) is 33.1 Å². The van der Waals surface area contributed by atoms with Crippen LogP contribution in [0.25, 0.3) is 11.0 Å². The molecule has 1 fully saturated rings. The highest BCUT2D eigenvalue weighted by Gasteiger charge is 2.20. The lowest BCUT2D eigenvalue weighted by atomic mass is 10.2. The van der Waals surface area contributed by atoms with Crippen molar-refractivity contribution in [1.29, 1.82) is 0 Å². The van der Waals surface area contributed by atoms with Gasteiger partial charge < -0.3 is 15.5 Å². The minimum Gasteiger partial charge on any atom is -0.397 e. The van der Waals surface area contributed by atoms with Crippen LogP contribution in [0, 0.1) is 0 Å². The number of fused-ring (bicyclic) bond motifs is 1. The summed E-state index contributed by atoms with van der Waals surface area (Å²) in [6.07, 6.45) is 0.927. The van der Waals surface area contributed by atoms with Gasteiger partial charge in [-0.3, -0.25) is 4.79 Å². The summed E-state index contributed by atoms with van der Waals surface area (Å²) in [4.78, 5) is 15.5. The molecule has 106 valence electrons. The van der Waals surface area contributed by atoms with E-state index in [1.807, 2.05) is 17.0 Å². The summed E-state index contributed by atoms with van der Waals surface area (Å²) >= 11 is 0. The van der Waals surface area contributed by atoms with Gasteiger partial charge in [-0.2, -0.15) is 0 Å². The Bertz CT molecular complexity index is 639. The minimum atomic E-state index is 0.123. The van der Waals surface area contributed by atoms with E-state index in [0.29, 0.717) is 23.3 Å². The summed E-state index contributed by atoms with van der Waals surface area (Å²) in [5, 5.41) is 7.79. The summed E-state index contributed by atoms with van der Waals surface area (Å²) in [5.74, 6) is 0.123. The summed E-state index contributed by atoms with van der Waals surface area (Å²) < 4.78 is 4.80. The third-order valence-corrected chi connectivity index (χ3v) is 3.71. The summed E-state index contributed by atoms with van der Waals surface area (Å²) in [6.45, 7) is 4.76. The smallest absolute Gasteiger partial charge is 0.219 e. The molecule has 0 unspecified atom stereocenters. The lowest BCUT2D eigenvalue weighted by Gasteiger charge is -2.23. The van der Waals surface area contributed by atoms with Crippen LogP contribution < -0.4 is 10.6 Å². The van der Waals surface area contributed by atoms with Crippen LogP contribution in [0.5, 0.6) is 0 Å². The molecule has 2 heterocycles. The maximum atomic E-state index is 11.5. The number of aromatic nitrogens is 2. The molecule has 0 bridgehead atoms. The van der Waals surface area contributed by atoms with Crippen LogP contribution in [0.3, 0.4) is 0 Å². The Labute approximate surface area is 116 Å². The normalized spacial score (nSPS) is 16.4. The molecule has 0 atom stereocenters. The number of nitrogens with zero attached hydrogens (tertiary/aromatic N) is 4. The first-order chi connectivity index (χ1) is 9.66. The largest absolute Gasteiger partial charge is 0.397 e. The molecule has 2 aromatic rings. The molecule has 7 heteroatoms. The van der Waals surface area contributed by atoms with Gasteiger partial charge in [0.2, 0.25) is 5.91 Å². The van der Waals surface area contributed by atoms with Crippen molar-refractivity contribution in [3.8, 4) is 0 Å². The Morgan fingerprint density at radius 3 is 2.80 bits per heavy atom. The topological polar surface area (TPSA) is 88.5 Å². The number of hydrogen-bond donors (Lipinski definition) is 1. The standard InChI is InChI=1S/C13H17N5O2/c1-9(19)17-5-2-6-18(8-7-17)11-4-3-10(14)12-13(11)16-20-15-12/h3-4H,2,5-8,14H2,1H3. The lowest BCUT2D eigenvalue weighted by molar-refractivity contribution is -0.128. The number of nitrogen functional groups attached to an aromatic ring is 1. The first kappa shape index (κ1) is 12.7. The van der Waals surface area contributed by atoms with Gasteiger partial charge in [-0.1, -0.05) is 0 Å². The van der Waals surface area contributed by atoms with E-state index in [1.54, 1.807) is 6.92 Å². The monoisotopic (exact) mass is 275 g/mol. The predicted octanol–water partition coefficient (Wildman–Crippen LogP) is 0.864. The van der Waals surface area contributed by atoms with Crippen molar-refractivity contribution in [2.75, 3.05) is 36.8 Å². The SMILES string of the molecule is CC(=O)N1CCCN(c2ccc(N)c3nonc23)CC1. The van der Waals surface area contributed by atoms with E-state index in [4.69, 9.17) is 10.4 Å². The Kier molecular flexibility index (Phi) is 3.17. The predicted molar refractivity (Wildman–Crippen MR) is 75.3 cm³/mol. The van der Waals surface area contributed by atoms with Crippen LogP contribution in [-0.4, -0.2) is 47.3 Å². The number of amides is 1. The molecule has 1 aliphatic rings. The fourth-order valence-corrected chi connectivity index (χ4v) is 2.60. The number of hydrogen-bond acceptors (Lipinski definition) is 6. The Morgan fingerprint density at radius 2 is 2.00 bits per heavy atom. The van der Waals surface area contributed by atoms with Crippen molar-refractivity contribution in [3.63, 3.8) is 0 Å². The first-order valence-electron chi connectivity index (χ1n) is 6.68. The van der Waals surface area contributed by atoms with Crippen LogP contribution in [0.1, 0.15) is 13.3 Å². The third-order valence-electron chi connectivity index (χ3n) is 3.71. The molecule has 7 nitrogen and oxygen atoms in total. The Morgan fingerprint density at radius 1 is 1.20 bits per heavy atom. The van der Waals surface area contributed by atoms with Crippen molar-refractivity contribution < 1.29 is 9.42 Å². The van der Waals surface area contributed by atoms with E-state index in [1.165, 1.54) is 0 Å². The van der Waals surface area contributed by atoms with Crippen molar-refractivity contribution in [3.05, 3.63) is 12.1 Å². The first-order valence-corrected chi connectivity index (χ1v) is 6.68. The quantitative estimate of drug-likeness (QED) is 0.777. The zero-order valence-corrected chi connectivity index (χ0v) is 11.4. The second-order valence-corrected chi connectivity index (χ2v) is 4.98. The number of carbonyl (C=O) groups is 1. The molecule has 0 saturated carbocycles. The van der Waals surface area contributed by atoms with Gasteiger partial charge >= 0.3 is 0 Å². The zero-order chi connectivity index (χ0) is 14.1. The minimum absolute atomic E-state index is 0.123. The van der Waals surface area contributed by atoms with E-state index in [0.717, 1.165) is 31.7 Å². The van der Waals surface area contributed by atoms with Crippen LogP contribution in [0.2, 0.25) is 0 Å². The number of anilines is 2. The zero-order valence-electron chi connectivity index (χ0n) is 11.4. The van der Waals surface area contributed by atoms with Crippen LogP contribution in [0.15, 0.2) is 16.8 Å². The van der Waals surface area contributed by atoms with Crippen molar-refractivity contribution in [1.82, 2.24) is 15.2 Å². The van der Waals surface area contributed by atoms with E-state index >= 15 is 0 Å². The van der Waals surface area contributed by atoms with Crippen molar-refractivity contribution >= 4 is 28.3 Å². The average molecular weight is 275 g/mol. The van der Waals surface area contributed by atoms with Gasteiger partial charge in [0.1, 0.15) is 0 Å². The summed E-state index contributed by atoms with van der Waals surface area (Å²) in [7, 11) is 0. The van der Waals surface area contributed by atoms with Gasteiger partial charge in [0.05, 0.1) is 11.4 Å². The average Bonchev–Trinajstić information content (AvgIpc) is 2.78. The molecule has 0 aliphatic carbocycles. The lowest BCUT2D eigenvalue weighted by Crippen LogP contribution is -2.33. The number of nitrogens with two attached hydrogens (primary N) is 1. The maximum Gasteiger partial charge on any atom is 0.219 e. The maximum absolute atomic E-state index is 11.5. The van der Waals surface area contributed by atoms with E-state index in [-0.39, 0.29) is 5.91 Å². The third kappa shape index (κ3) is 2.15. The highest BCUT2D eigenvalue weighted by atomic mass is 16.6. The fraction of sp³-hybridized carbons (Fsp3) is 0.462. The summed E-state index contributed by atoms with van der Waals surface area (Å²) in [6, 6.07) is 3.75. The number of carbonyl (C=O) groups excluding carboxylic acids is 1. The molecular weight excluding hydrogens is 258 g/mol. The molecular formula is C13H17N5O2. The highest BCUT2D eigenvalue weighted by molar-refractivity contribution is 5.95. The molecule has 1 aromatic carbocycles. The van der Waals surface area contributed by atoms with Crippen LogP contribution in [0.4, 0.5) is 11.4 Å². The number of benzene rings is 1. The molecule has 1 amide bonds. The Balaban J connectivity index is 1.90. The van der Waals surface area contributed by atoms with Crippen LogP contribution >= 0.6 is 0 Å². The van der Waals surface area contributed by atoms with Crippen molar-refractivity contribution in [2.45, 2.75) is 13.3 Å². The molecule has 0 spiro atoms. The van der Waals surface area contributed by atoms with Gasteiger partial charge in [0.25, 0.3) is 0 Å². The van der Waals surface area contributed by atoms with E-state index in [2.05, 4.69) is 15.2 Å². The molecule has 1 saturated heterocycles. The van der Waals surface area contributed by atoms with E-state index in [9.17, 15) is 4.79 Å². The van der Waals surface area contributed by atoms with Gasteiger partial charge in [0.15, 0.2) is 11.0 Å². The Hall–Kier alpha value is -2.31. The molecule has 1 aliphatic heterocycles. The fourth-order valence-electron chi connectivity index (χ4n) is 2.60. The van der Waals surface area contributed by atoms with Gasteiger partial charge in [-0.05, 0) is 28.9 Å². The van der Waals surface area contributed by atoms with Gasteiger partial charge in [-0.25, -0.2) is 4.63 Å². The van der Waals surface area contributed by atoms with Crippen LogP contribution in [-0.2, 0) is 4.79 Å². The molecule has 1 aromatic heterocycles. The highest BCUT2D eigenvalue weighted by Crippen LogP contribution is 2.28.